The van der Waals surface area contributed by atoms with Crippen molar-refractivity contribution in [3.8, 4) is 0 Å². The number of hydrogen-bond acceptors (Lipinski definition) is 1. The van der Waals surface area contributed by atoms with Crippen molar-refractivity contribution in [1.82, 2.24) is 0 Å². The number of hydrogen-bond donors (Lipinski definition) is 0. The molecule has 0 saturated heterocycles. The first kappa shape index (κ1) is 9.91. The second-order valence-electron chi connectivity index (χ2n) is 3.34. The molecule has 1 aliphatic carbocycles. The van der Waals surface area contributed by atoms with Crippen molar-refractivity contribution in [1.29, 1.82) is 0 Å². The number of rotatable bonds is 6. The zero-order valence-electron chi connectivity index (χ0n) is 7.18. The second kappa shape index (κ2) is 5.47. The average molecular weight is 237 g/mol. The average Bonchev–Trinajstić information content (AvgIpc) is 2.79. The molecule has 1 aliphatic rings. The fraction of sp³-hybridized carbons (Fsp3) is 1.00. The summed E-state index contributed by atoms with van der Waals surface area (Å²) >= 11 is 5.71. The molecular weight excluding hydrogens is 220 g/mol. The summed E-state index contributed by atoms with van der Waals surface area (Å²) in [6, 6.07) is 0. The van der Waals surface area contributed by atoms with Crippen LogP contribution in [-0.4, -0.2) is 16.8 Å². The Balaban J connectivity index is 1.85. The van der Waals surface area contributed by atoms with Gasteiger partial charge in [-0.1, -0.05) is 22.4 Å². The molecular formula is C9H17BrS. The van der Waals surface area contributed by atoms with Crippen molar-refractivity contribution in [3.63, 3.8) is 0 Å². The van der Waals surface area contributed by atoms with Crippen LogP contribution in [0.2, 0.25) is 0 Å². The predicted molar refractivity (Wildman–Crippen MR) is 57.7 cm³/mol. The van der Waals surface area contributed by atoms with Gasteiger partial charge in [0.25, 0.3) is 0 Å². The van der Waals surface area contributed by atoms with E-state index in [4.69, 9.17) is 0 Å². The van der Waals surface area contributed by atoms with Crippen LogP contribution in [0.4, 0.5) is 0 Å². The third-order valence-electron chi connectivity index (χ3n) is 2.21. The van der Waals surface area contributed by atoms with Crippen LogP contribution in [0.3, 0.4) is 0 Å². The summed E-state index contributed by atoms with van der Waals surface area (Å²) in [7, 11) is 0. The molecule has 0 N–H and O–H groups in total. The Morgan fingerprint density at radius 3 is 2.73 bits per heavy atom. The summed E-state index contributed by atoms with van der Waals surface area (Å²) in [6.07, 6.45) is 9.33. The fourth-order valence-electron chi connectivity index (χ4n) is 1.28. The maximum atomic E-state index is 3.75. The molecule has 0 nitrogen and oxygen atoms in total. The quantitative estimate of drug-likeness (QED) is 0.501. The summed E-state index contributed by atoms with van der Waals surface area (Å²) in [5, 5.41) is 0. The van der Waals surface area contributed by atoms with Crippen LogP contribution in [0.1, 0.15) is 32.1 Å². The van der Waals surface area contributed by atoms with Crippen LogP contribution in [0.25, 0.3) is 0 Å². The number of halogens is 1. The molecule has 1 unspecified atom stereocenters. The van der Waals surface area contributed by atoms with Crippen molar-refractivity contribution in [2.75, 3.05) is 12.0 Å². The van der Waals surface area contributed by atoms with Gasteiger partial charge < -0.3 is 0 Å². The molecule has 0 heterocycles. The maximum Gasteiger partial charge on any atom is 0.0174 e. The van der Waals surface area contributed by atoms with Crippen LogP contribution < -0.4 is 0 Å². The lowest BCUT2D eigenvalue weighted by molar-refractivity contribution is 0.647. The van der Waals surface area contributed by atoms with Gasteiger partial charge in [0.15, 0.2) is 0 Å². The Bertz CT molecular complexity index is 102. The lowest BCUT2D eigenvalue weighted by Gasteiger charge is -2.06. The van der Waals surface area contributed by atoms with Gasteiger partial charge in [0, 0.05) is 4.83 Å². The van der Waals surface area contributed by atoms with Gasteiger partial charge in [0.05, 0.1) is 0 Å². The second-order valence-corrected chi connectivity index (χ2v) is 5.50. The van der Waals surface area contributed by atoms with Crippen LogP contribution in [0.5, 0.6) is 0 Å². The third kappa shape index (κ3) is 4.41. The smallest absolute Gasteiger partial charge is 0.0174 e. The van der Waals surface area contributed by atoms with Gasteiger partial charge in [0.2, 0.25) is 0 Å². The number of unbranched alkanes of at least 4 members (excludes halogenated alkanes) is 1. The van der Waals surface area contributed by atoms with E-state index in [1.807, 2.05) is 11.8 Å². The van der Waals surface area contributed by atoms with Crippen molar-refractivity contribution in [2.45, 2.75) is 36.9 Å². The Hall–Kier alpha value is 0.830. The van der Waals surface area contributed by atoms with E-state index in [0.717, 1.165) is 10.7 Å². The molecule has 11 heavy (non-hydrogen) atoms. The summed E-state index contributed by atoms with van der Waals surface area (Å²) in [6.45, 7) is 0. The van der Waals surface area contributed by atoms with Crippen molar-refractivity contribution < 1.29 is 0 Å². The highest BCUT2D eigenvalue weighted by atomic mass is 79.9. The third-order valence-corrected chi connectivity index (χ3v) is 4.11. The molecule has 1 rings (SSSR count). The first-order chi connectivity index (χ1) is 5.34. The van der Waals surface area contributed by atoms with Gasteiger partial charge in [-0.25, -0.2) is 0 Å². The standard InChI is InChI=1S/C9H17BrS/c1-11-7-3-2-4-9(10)8-5-6-8/h8-9H,2-7H2,1H3. The minimum atomic E-state index is 0.837. The van der Waals surface area contributed by atoms with Gasteiger partial charge in [-0.2, -0.15) is 11.8 Å². The van der Waals surface area contributed by atoms with Gasteiger partial charge in [0.1, 0.15) is 0 Å². The molecule has 1 fully saturated rings. The highest BCUT2D eigenvalue weighted by molar-refractivity contribution is 9.09. The zero-order chi connectivity index (χ0) is 8.10. The molecule has 2 heteroatoms. The molecule has 0 amide bonds. The first-order valence-corrected chi connectivity index (χ1v) is 6.78. The van der Waals surface area contributed by atoms with Crippen LogP contribution in [-0.2, 0) is 0 Å². The molecule has 1 saturated carbocycles. The molecule has 0 aromatic heterocycles. The largest absolute Gasteiger partial charge is 0.165 e. The van der Waals surface area contributed by atoms with Gasteiger partial charge in [-0.3, -0.25) is 0 Å². The molecule has 0 bridgehead atoms. The highest BCUT2D eigenvalue weighted by Crippen LogP contribution is 2.38. The highest BCUT2D eigenvalue weighted by Gasteiger charge is 2.28. The Labute approximate surface area is 82.6 Å². The SMILES string of the molecule is CSCCCCC(Br)C1CC1. The minimum Gasteiger partial charge on any atom is -0.165 e. The normalized spacial score (nSPS) is 20.2. The Morgan fingerprint density at radius 2 is 2.18 bits per heavy atom. The summed E-state index contributed by atoms with van der Waals surface area (Å²) in [5.74, 6) is 2.37. The molecule has 0 aliphatic heterocycles. The van der Waals surface area contributed by atoms with Crippen molar-refractivity contribution in [3.05, 3.63) is 0 Å². The molecule has 66 valence electrons. The molecule has 0 aromatic carbocycles. The van der Waals surface area contributed by atoms with E-state index < -0.39 is 0 Å². The van der Waals surface area contributed by atoms with Gasteiger partial charge >= 0.3 is 0 Å². The van der Waals surface area contributed by atoms with E-state index in [9.17, 15) is 0 Å². The number of alkyl halides is 1. The fourth-order valence-corrected chi connectivity index (χ4v) is 2.62. The van der Waals surface area contributed by atoms with Crippen LogP contribution >= 0.6 is 27.7 Å². The molecule has 0 radical (unpaired) electrons. The van der Waals surface area contributed by atoms with E-state index in [0.29, 0.717) is 0 Å². The minimum absolute atomic E-state index is 0.837. The lowest BCUT2D eigenvalue weighted by atomic mass is 10.1. The van der Waals surface area contributed by atoms with Crippen molar-refractivity contribution >= 4 is 27.7 Å². The zero-order valence-corrected chi connectivity index (χ0v) is 9.59. The summed E-state index contributed by atoms with van der Waals surface area (Å²) in [4.78, 5) is 0.837. The van der Waals surface area contributed by atoms with E-state index in [-0.39, 0.29) is 0 Å². The maximum absolute atomic E-state index is 3.75. The van der Waals surface area contributed by atoms with Gasteiger partial charge in [-0.05, 0) is 43.6 Å². The molecule has 0 aromatic rings. The van der Waals surface area contributed by atoms with Crippen LogP contribution in [0, 0.1) is 5.92 Å². The Kier molecular flexibility index (Phi) is 4.93. The van der Waals surface area contributed by atoms with E-state index >= 15 is 0 Å². The molecule has 1 atom stereocenters. The lowest BCUT2D eigenvalue weighted by Crippen LogP contribution is -1.99. The summed E-state index contributed by atoms with van der Waals surface area (Å²) < 4.78 is 0. The van der Waals surface area contributed by atoms with Crippen molar-refractivity contribution in [2.24, 2.45) is 5.92 Å². The first-order valence-electron chi connectivity index (χ1n) is 4.47. The van der Waals surface area contributed by atoms with E-state index in [1.54, 1.807) is 0 Å². The topological polar surface area (TPSA) is 0 Å². The number of thioether (sulfide) groups is 1. The van der Waals surface area contributed by atoms with E-state index in [1.165, 1.54) is 37.9 Å². The predicted octanol–water partition coefficient (Wildman–Crippen LogP) is 3.69. The summed E-state index contributed by atoms with van der Waals surface area (Å²) in [5.41, 5.74) is 0. The van der Waals surface area contributed by atoms with E-state index in [2.05, 4.69) is 22.2 Å². The monoisotopic (exact) mass is 236 g/mol. The Morgan fingerprint density at radius 1 is 1.45 bits per heavy atom. The van der Waals surface area contributed by atoms with Gasteiger partial charge in [-0.15, -0.1) is 0 Å². The molecule has 0 spiro atoms. The van der Waals surface area contributed by atoms with Crippen LogP contribution in [0.15, 0.2) is 0 Å².